The van der Waals surface area contributed by atoms with Crippen LogP contribution in [0.2, 0.25) is 0 Å². The van der Waals surface area contributed by atoms with Crippen molar-refractivity contribution in [2.24, 2.45) is 0 Å². The second-order valence-electron chi connectivity index (χ2n) is 3.25. The van der Waals surface area contributed by atoms with Crippen LogP contribution in [0.3, 0.4) is 0 Å². The van der Waals surface area contributed by atoms with Crippen molar-refractivity contribution >= 4 is 5.97 Å². The van der Waals surface area contributed by atoms with E-state index >= 15 is 0 Å². The minimum Gasteiger partial charge on any atom is -0.478 e. The molecule has 0 aromatic heterocycles. The fourth-order valence-electron chi connectivity index (χ4n) is 1.44. The zero-order valence-corrected chi connectivity index (χ0v) is 9.51. The Hall–Kier alpha value is -1.57. The molecule has 0 aliphatic carbocycles. The van der Waals surface area contributed by atoms with Gasteiger partial charge in [0.15, 0.2) is 0 Å². The fraction of sp³-hybridized carbons (Fsp3) is 0. The molecule has 82 valence electrons. The topological polar surface area (TPSA) is 37.3 Å². The van der Waals surface area contributed by atoms with Crippen molar-refractivity contribution in [3.63, 3.8) is 0 Å². The molecular formula is C13H10FeO2. The predicted octanol–water partition coefficient (Wildman–Crippen LogP) is 3.05. The van der Waals surface area contributed by atoms with E-state index in [4.69, 9.17) is 5.11 Å². The van der Waals surface area contributed by atoms with Crippen LogP contribution in [0.4, 0.5) is 0 Å². The quantitative estimate of drug-likeness (QED) is 0.836. The first-order chi connectivity index (χ1) is 7.27. The molecule has 0 heterocycles. The van der Waals surface area contributed by atoms with Crippen LogP contribution in [0.15, 0.2) is 54.6 Å². The average Bonchev–Trinajstić information content (AvgIpc) is 2.30. The molecule has 0 radical (unpaired) electrons. The minimum absolute atomic E-state index is 0. The van der Waals surface area contributed by atoms with Crippen molar-refractivity contribution in [2.75, 3.05) is 0 Å². The molecule has 0 aliphatic heterocycles. The van der Waals surface area contributed by atoms with Crippen LogP contribution < -0.4 is 0 Å². The Bertz CT molecular complexity index is 463. The van der Waals surface area contributed by atoms with Crippen molar-refractivity contribution in [1.82, 2.24) is 0 Å². The van der Waals surface area contributed by atoms with Crippen molar-refractivity contribution < 1.29 is 27.0 Å². The largest absolute Gasteiger partial charge is 0.478 e. The molecule has 2 aromatic carbocycles. The normalized spacial score (nSPS) is 9.25. The van der Waals surface area contributed by atoms with E-state index in [9.17, 15) is 4.79 Å². The van der Waals surface area contributed by atoms with Crippen molar-refractivity contribution in [1.29, 1.82) is 0 Å². The first-order valence-corrected chi connectivity index (χ1v) is 4.66. The zero-order chi connectivity index (χ0) is 10.7. The Balaban J connectivity index is 0.00000128. The average molecular weight is 254 g/mol. The third-order valence-electron chi connectivity index (χ3n) is 2.24. The van der Waals surface area contributed by atoms with Gasteiger partial charge in [-0.15, -0.1) is 0 Å². The van der Waals surface area contributed by atoms with Crippen LogP contribution in [0.1, 0.15) is 10.4 Å². The number of aromatic carboxylic acids is 1. The molecule has 0 unspecified atom stereocenters. The zero-order valence-electron chi connectivity index (χ0n) is 8.41. The molecule has 1 N–H and O–H groups in total. The monoisotopic (exact) mass is 254 g/mol. The molecule has 2 nitrogen and oxygen atoms in total. The van der Waals surface area contributed by atoms with Gasteiger partial charge in [0.25, 0.3) is 0 Å². The summed E-state index contributed by atoms with van der Waals surface area (Å²) in [5, 5.41) is 8.75. The SMILES string of the molecule is O=C(O)c1ccc(-c2ccccc2)cc1.[Fe]. The number of carbonyl (C=O) groups is 1. The molecule has 0 fully saturated rings. The van der Waals surface area contributed by atoms with Gasteiger partial charge in [0.2, 0.25) is 0 Å². The molecule has 0 saturated carbocycles. The van der Waals surface area contributed by atoms with Gasteiger partial charge in [-0.2, -0.15) is 0 Å². The summed E-state index contributed by atoms with van der Waals surface area (Å²) in [7, 11) is 0. The minimum atomic E-state index is -0.894. The maximum absolute atomic E-state index is 10.6. The van der Waals surface area contributed by atoms with E-state index in [1.54, 1.807) is 12.1 Å². The van der Waals surface area contributed by atoms with Gasteiger partial charge in [-0.1, -0.05) is 42.5 Å². The van der Waals surface area contributed by atoms with Gasteiger partial charge in [0, 0.05) is 17.1 Å². The molecular weight excluding hydrogens is 244 g/mol. The molecule has 2 rings (SSSR count). The first kappa shape index (κ1) is 12.5. The maximum Gasteiger partial charge on any atom is 0.335 e. The molecule has 2 aromatic rings. The summed E-state index contributed by atoms with van der Waals surface area (Å²) in [6.45, 7) is 0. The van der Waals surface area contributed by atoms with Gasteiger partial charge < -0.3 is 5.11 Å². The summed E-state index contributed by atoms with van der Waals surface area (Å²) in [5.74, 6) is -0.894. The van der Waals surface area contributed by atoms with E-state index < -0.39 is 5.97 Å². The molecule has 0 amide bonds. The standard InChI is InChI=1S/C13H10O2.Fe/c14-13(15)12-8-6-11(7-9-12)10-4-2-1-3-5-10;/h1-9H,(H,14,15);. The summed E-state index contributed by atoms with van der Waals surface area (Å²) in [4.78, 5) is 10.6. The predicted molar refractivity (Wildman–Crippen MR) is 58.8 cm³/mol. The van der Waals surface area contributed by atoms with E-state index in [-0.39, 0.29) is 17.1 Å². The Labute approximate surface area is 104 Å². The maximum atomic E-state index is 10.6. The van der Waals surface area contributed by atoms with Gasteiger partial charge in [-0.25, -0.2) is 4.79 Å². The second kappa shape index (κ2) is 5.50. The fourth-order valence-corrected chi connectivity index (χ4v) is 1.44. The Morgan fingerprint density at radius 1 is 0.812 bits per heavy atom. The first-order valence-electron chi connectivity index (χ1n) is 4.66. The summed E-state index contributed by atoms with van der Waals surface area (Å²) in [5.41, 5.74) is 2.43. The van der Waals surface area contributed by atoms with Crippen LogP contribution in [-0.2, 0) is 17.1 Å². The Morgan fingerprint density at radius 3 is 1.81 bits per heavy atom. The van der Waals surface area contributed by atoms with Crippen molar-refractivity contribution in [2.45, 2.75) is 0 Å². The van der Waals surface area contributed by atoms with E-state index in [0.29, 0.717) is 5.56 Å². The Morgan fingerprint density at radius 2 is 1.31 bits per heavy atom. The summed E-state index contributed by atoms with van der Waals surface area (Å²) < 4.78 is 0. The molecule has 3 heteroatoms. The number of rotatable bonds is 2. The van der Waals surface area contributed by atoms with Gasteiger partial charge in [-0.05, 0) is 23.3 Å². The van der Waals surface area contributed by atoms with Crippen molar-refractivity contribution in [3.8, 4) is 11.1 Å². The molecule has 0 aliphatic rings. The number of carboxylic acids is 1. The third kappa shape index (κ3) is 2.72. The van der Waals surface area contributed by atoms with Gasteiger partial charge in [-0.3, -0.25) is 0 Å². The van der Waals surface area contributed by atoms with Gasteiger partial charge in [0.05, 0.1) is 5.56 Å². The Kier molecular flexibility index (Phi) is 4.29. The summed E-state index contributed by atoms with van der Waals surface area (Å²) in [6, 6.07) is 16.7. The van der Waals surface area contributed by atoms with Crippen LogP contribution in [0.25, 0.3) is 11.1 Å². The van der Waals surface area contributed by atoms with E-state index in [1.165, 1.54) is 0 Å². The van der Waals surface area contributed by atoms with Crippen LogP contribution >= 0.6 is 0 Å². The molecule has 0 bridgehead atoms. The summed E-state index contributed by atoms with van der Waals surface area (Å²) in [6.07, 6.45) is 0. The van der Waals surface area contributed by atoms with Crippen LogP contribution in [0, 0.1) is 0 Å². The van der Waals surface area contributed by atoms with Crippen LogP contribution in [0.5, 0.6) is 0 Å². The molecule has 16 heavy (non-hydrogen) atoms. The van der Waals surface area contributed by atoms with Gasteiger partial charge in [0.1, 0.15) is 0 Å². The molecule has 0 spiro atoms. The number of hydrogen-bond acceptors (Lipinski definition) is 1. The van der Waals surface area contributed by atoms with E-state index in [2.05, 4.69) is 0 Å². The van der Waals surface area contributed by atoms with E-state index in [0.717, 1.165) is 11.1 Å². The van der Waals surface area contributed by atoms with E-state index in [1.807, 2.05) is 42.5 Å². The van der Waals surface area contributed by atoms with Gasteiger partial charge >= 0.3 is 5.97 Å². The number of benzene rings is 2. The van der Waals surface area contributed by atoms with Crippen LogP contribution in [-0.4, -0.2) is 11.1 Å². The number of hydrogen-bond donors (Lipinski definition) is 1. The number of carboxylic acid groups (broad SMARTS) is 1. The second-order valence-corrected chi connectivity index (χ2v) is 3.25. The summed E-state index contributed by atoms with van der Waals surface area (Å²) >= 11 is 0. The van der Waals surface area contributed by atoms with Crippen molar-refractivity contribution in [3.05, 3.63) is 60.2 Å². The smallest absolute Gasteiger partial charge is 0.335 e. The molecule has 0 atom stereocenters. The molecule has 0 saturated heterocycles. The third-order valence-corrected chi connectivity index (χ3v) is 2.24.